The number of hydrogen-bond acceptors (Lipinski definition) is 3. The highest BCUT2D eigenvalue weighted by Crippen LogP contribution is 2.09. The van der Waals surface area contributed by atoms with Gasteiger partial charge >= 0.3 is 0 Å². The summed E-state index contributed by atoms with van der Waals surface area (Å²) < 4.78 is 0.796. The third-order valence-corrected chi connectivity index (χ3v) is 1.96. The molecule has 1 aromatic heterocycles. The van der Waals surface area contributed by atoms with Gasteiger partial charge in [0.25, 0.3) is 0 Å². The SMILES string of the molecule is NC(CO)Cc1ccnc(Br)c1. The van der Waals surface area contributed by atoms with E-state index in [2.05, 4.69) is 20.9 Å². The third kappa shape index (κ3) is 2.89. The van der Waals surface area contributed by atoms with E-state index in [9.17, 15) is 0 Å². The van der Waals surface area contributed by atoms with Gasteiger partial charge in [-0.3, -0.25) is 0 Å². The molecule has 12 heavy (non-hydrogen) atoms. The van der Waals surface area contributed by atoms with E-state index < -0.39 is 0 Å². The molecule has 1 atom stereocenters. The van der Waals surface area contributed by atoms with Gasteiger partial charge in [-0.05, 0) is 40.0 Å². The molecule has 1 heterocycles. The van der Waals surface area contributed by atoms with E-state index in [1.54, 1.807) is 6.20 Å². The van der Waals surface area contributed by atoms with Crippen molar-refractivity contribution in [3.8, 4) is 0 Å². The van der Waals surface area contributed by atoms with Crippen LogP contribution in [0.15, 0.2) is 22.9 Å². The van der Waals surface area contributed by atoms with Gasteiger partial charge in [-0.2, -0.15) is 0 Å². The molecule has 0 aromatic carbocycles. The van der Waals surface area contributed by atoms with E-state index in [1.807, 2.05) is 12.1 Å². The van der Waals surface area contributed by atoms with Crippen molar-refractivity contribution in [1.29, 1.82) is 0 Å². The highest BCUT2D eigenvalue weighted by Gasteiger charge is 2.02. The largest absolute Gasteiger partial charge is 0.395 e. The normalized spacial score (nSPS) is 12.9. The molecule has 0 aliphatic carbocycles. The lowest BCUT2D eigenvalue weighted by atomic mass is 10.1. The van der Waals surface area contributed by atoms with Gasteiger partial charge in [0.1, 0.15) is 4.60 Å². The zero-order chi connectivity index (χ0) is 8.97. The van der Waals surface area contributed by atoms with Gasteiger partial charge in [-0.1, -0.05) is 0 Å². The predicted molar refractivity (Wildman–Crippen MR) is 50.7 cm³/mol. The first kappa shape index (κ1) is 9.64. The van der Waals surface area contributed by atoms with Gasteiger partial charge in [0.2, 0.25) is 0 Å². The first-order valence-corrected chi connectivity index (χ1v) is 4.48. The average molecular weight is 231 g/mol. The minimum Gasteiger partial charge on any atom is -0.395 e. The van der Waals surface area contributed by atoms with Gasteiger partial charge in [-0.15, -0.1) is 0 Å². The minimum absolute atomic E-state index is 0.0138. The van der Waals surface area contributed by atoms with Crippen LogP contribution in [0.4, 0.5) is 0 Å². The number of pyridine rings is 1. The fraction of sp³-hybridized carbons (Fsp3) is 0.375. The Morgan fingerprint density at radius 1 is 1.67 bits per heavy atom. The lowest BCUT2D eigenvalue weighted by Gasteiger charge is -2.07. The Labute approximate surface area is 79.7 Å². The summed E-state index contributed by atoms with van der Waals surface area (Å²) in [4.78, 5) is 3.99. The van der Waals surface area contributed by atoms with E-state index in [4.69, 9.17) is 10.8 Å². The van der Waals surface area contributed by atoms with Crippen LogP contribution in [-0.4, -0.2) is 22.7 Å². The van der Waals surface area contributed by atoms with E-state index in [1.165, 1.54) is 0 Å². The van der Waals surface area contributed by atoms with Crippen molar-refractivity contribution in [3.05, 3.63) is 28.5 Å². The summed E-state index contributed by atoms with van der Waals surface area (Å²) in [5.41, 5.74) is 6.65. The van der Waals surface area contributed by atoms with Crippen LogP contribution in [0.3, 0.4) is 0 Å². The summed E-state index contributed by atoms with van der Waals surface area (Å²) in [5, 5.41) is 8.71. The van der Waals surface area contributed by atoms with Crippen molar-refractivity contribution in [2.75, 3.05) is 6.61 Å². The first-order chi connectivity index (χ1) is 5.72. The Balaban J connectivity index is 2.63. The van der Waals surface area contributed by atoms with E-state index in [-0.39, 0.29) is 12.6 Å². The summed E-state index contributed by atoms with van der Waals surface area (Å²) in [6.07, 6.45) is 2.39. The number of halogens is 1. The van der Waals surface area contributed by atoms with Crippen molar-refractivity contribution >= 4 is 15.9 Å². The molecule has 0 saturated carbocycles. The number of nitrogens with two attached hydrogens (primary N) is 1. The molecule has 4 heteroatoms. The number of aliphatic hydroxyl groups excluding tert-OH is 1. The topological polar surface area (TPSA) is 59.1 Å². The van der Waals surface area contributed by atoms with E-state index >= 15 is 0 Å². The van der Waals surface area contributed by atoms with Crippen molar-refractivity contribution in [2.45, 2.75) is 12.5 Å². The predicted octanol–water partition coefficient (Wildman–Crippen LogP) is 0.706. The maximum absolute atomic E-state index is 8.71. The lowest BCUT2D eigenvalue weighted by Crippen LogP contribution is -2.26. The summed E-state index contributed by atoms with van der Waals surface area (Å²) in [6, 6.07) is 3.61. The first-order valence-electron chi connectivity index (χ1n) is 3.69. The number of nitrogens with zero attached hydrogens (tertiary/aromatic N) is 1. The third-order valence-electron chi connectivity index (χ3n) is 1.52. The van der Waals surface area contributed by atoms with Crippen LogP contribution < -0.4 is 5.73 Å². The molecule has 0 radical (unpaired) electrons. The van der Waals surface area contributed by atoms with Crippen LogP contribution in [0.25, 0.3) is 0 Å². The van der Waals surface area contributed by atoms with Crippen molar-refractivity contribution in [2.24, 2.45) is 5.73 Å². The Bertz CT molecular complexity index is 255. The van der Waals surface area contributed by atoms with Crippen molar-refractivity contribution in [3.63, 3.8) is 0 Å². The summed E-state index contributed by atoms with van der Waals surface area (Å²) >= 11 is 3.26. The molecule has 1 aromatic rings. The van der Waals surface area contributed by atoms with Crippen LogP contribution in [0, 0.1) is 0 Å². The van der Waals surface area contributed by atoms with Crippen molar-refractivity contribution in [1.82, 2.24) is 4.98 Å². The smallest absolute Gasteiger partial charge is 0.106 e. The van der Waals surface area contributed by atoms with Crippen LogP contribution >= 0.6 is 15.9 Å². The Morgan fingerprint density at radius 3 is 3.00 bits per heavy atom. The molecular weight excluding hydrogens is 220 g/mol. The molecule has 0 bridgehead atoms. The zero-order valence-electron chi connectivity index (χ0n) is 6.57. The molecule has 0 aliphatic rings. The molecule has 66 valence electrons. The molecule has 3 nitrogen and oxygen atoms in total. The zero-order valence-corrected chi connectivity index (χ0v) is 8.16. The van der Waals surface area contributed by atoms with Crippen molar-refractivity contribution < 1.29 is 5.11 Å². The van der Waals surface area contributed by atoms with Crippen LogP contribution in [0.5, 0.6) is 0 Å². The minimum atomic E-state index is -0.181. The molecule has 0 aliphatic heterocycles. The molecule has 0 saturated heterocycles. The lowest BCUT2D eigenvalue weighted by molar-refractivity contribution is 0.265. The fourth-order valence-electron chi connectivity index (χ4n) is 0.937. The molecule has 1 unspecified atom stereocenters. The van der Waals surface area contributed by atoms with Gasteiger partial charge < -0.3 is 10.8 Å². The Morgan fingerprint density at radius 2 is 2.42 bits per heavy atom. The van der Waals surface area contributed by atoms with Crippen LogP contribution in [-0.2, 0) is 6.42 Å². The molecule has 0 fully saturated rings. The summed E-state index contributed by atoms with van der Waals surface area (Å²) in [7, 11) is 0. The van der Waals surface area contributed by atoms with Crippen LogP contribution in [0.1, 0.15) is 5.56 Å². The standard InChI is InChI=1S/C8H11BrN2O/c9-8-4-6(1-2-11-8)3-7(10)5-12/h1-2,4,7,12H,3,5,10H2. The summed E-state index contributed by atoms with van der Waals surface area (Å²) in [6.45, 7) is 0.0138. The highest BCUT2D eigenvalue weighted by atomic mass is 79.9. The van der Waals surface area contributed by atoms with Crippen LogP contribution in [0.2, 0.25) is 0 Å². The second-order valence-electron chi connectivity index (χ2n) is 2.63. The van der Waals surface area contributed by atoms with E-state index in [0.29, 0.717) is 6.42 Å². The second-order valence-corrected chi connectivity index (χ2v) is 3.45. The van der Waals surface area contributed by atoms with E-state index in [0.717, 1.165) is 10.2 Å². The Kier molecular flexibility index (Phi) is 3.65. The number of aromatic nitrogens is 1. The molecule has 0 amide bonds. The monoisotopic (exact) mass is 230 g/mol. The quantitative estimate of drug-likeness (QED) is 0.753. The van der Waals surface area contributed by atoms with Gasteiger partial charge in [0.15, 0.2) is 0 Å². The maximum Gasteiger partial charge on any atom is 0.106 e. The van der Waals surface area contributed by atoms with Gasteiger partial charge in [0, 0.05) is 12.2 Å². The number of aliphatic hydroxyl groups is 1. The second kappa shape index (κ2) is 4.54. The molecule has 0 spiro atoms. The molecule has 3 N–H and O–H groups in total. The molecular formula is C8H11BrN2O. The Hall–Kier alpha value is -0.450. The molecule has 1 rings (SSSR count). The number of rotatable bonds is 3. The average Bonchev–Trinajstić information content (AvgIpc) is 2.04. The fourth-order valence-corrected chi connectivity index (χ4v) is 1.35. The van der Waals surface area contributed by atoms with Gasteiger partial charge in [-0.25, -0.2) is 4.98 Å². The maximum atomic E-state index is 8.71. The van der Waals surface area contributed by atoms with Gasteiger partial charge in [0.05, 0.1) is 6.61 Å². The number of hydrogen-bond donors (Lipinski definition) is 2. The summed E-state index contributed by atoms with van der Waals surface area (Å²) in [5.74, 6) is 0. The highest BCUT2D eigenvalue weighted by molar-refractivity contribution is 9.10.